The summed E-state index contributed by atoms with van der Waals surface area (Å²) in [5.74, 6) is 0. The molecule has 0 aromatic carbocycles. The molecule has 0 aliphatic heterocycles. The van der Waals surface area contributed by atoms with Crippen molar-refractivity contribution in [2.75, 3.05) is 0 Å². The smallest absolute Gasteiger partial charge is 0.340 e. The molecule has 0 saturated heterocycles. The standard InChI is InChI=1S/C21H32ClN5O2/c22-19-23-20(28-26-17-13-9-5-1-2-6-10-14-17)25-21(24-19)29-27-18-15-11-7-3-4-8-12-16-18/h13,15,26-27H,1-12,14,16H2. The maximum atomic E-state index is 6.02. The summed E-state index contributed by atoms with van der Waals surface area (Å²) < 4.78 is 0. The summed E-state index contributed by atoms with van der Waals surface area (Å²) in [4.78, 5) is 23.4. The Kier molecular flexibility index (Phi) is 9.36. The van der Waals surface area contributed by atoms with E-state index in [0.29, 0.717) is 0 Å². The van der Waals surface area contributed by atoms with Crippen LogP contribution < -0.4 is 20.6 Å². The van der Waals surface area contributed by atoms with Gasteiger partial charge in [-0.15, -0.1) is 4.98 Å². The maximum absolute atomic E-state index is 6.02. The Balaban J connectivity index is 1.54. The number of hydrogen-bond acceptors (Lipinski definition) is 7. The zero-order valence-electron chi connectivity index (χ0n) is 17.1. The van der Waals surface area contributed by atoms with Crippen LogP contribution in [-0.2, 0) is 0 Å². The summed E-state index contributed by atoms with van der Waals surface area (Å²) >= 11 is 6.02. The molecule has 0 fully saturated rings. The first kappa shape index (κ1) is 21.7. The Hall–Kier alpha value is -2.02. The molecule has 0 amide bonds. The van der Waals surface area contributed by atoms with Crippen molar-refractivity contribution in [2.45, 2.75) is 89.9 Å². The summed E-state index contributed by atoms with van der Waals surface area (Å²) in [6.07, 6.45) is 20.8. The Morgan fingerprint density at radius 3 is 1.59 bits per heavy atom. The van der Waals surface area contributed by atoms with Crippen LogP contribution in [0.5, 0.6) is 12.0 Å². The number of halogens is 1. The van der Waals surface area contributed by atoms with Gasteiger partial charge < -0.3 is 9.68 Å². The van der Waals surface area contributed by atoms with E-state index in [-0.39, 0.29) is 17.3 Å². The average molecular weight is 422 g/mol. The lowest BCUT2D eigenvalue weighted by molar-refractivity contribution is 0.178. The van der Waals surface area contributed by atoms with Crippen LogP contribution in [0, 0.1) is 0 Å². The fourth-order valence-electron chi connectivity index (χ4n) is 3.55. The van der Waals surface area contributed by atoms with Gasteiger partial charge in [0.25, 0.3) is 0 Å². The summed E-state index contributed by atoms with van der Waals surface area (Å²) in [7, 11) is 0. The van der Waals surface area contributed by atoms with Gasteiger partial charge in [-0.3, -0.25) is 0 Å². The lowest BCUT2D eigenvalue weighted by atomic mass is 10.1. The molecule has 0 bridgehead atoms. The molecule has 0 atom stereocenters. The van der Waals surface area contributed by atoms with E-state index in [4.69, 9.17) is 21.3 Å². The third-order valence-electron chi connectivity index (χ3n) is 5.20. The van der Waals surface area contributed by atoms with Gasteiger partial charge in [-0.05, 0) is 63.0 Å². The van der Waals surface area contributed by atoms with Crippen LogP contribution in [0.2, 0.25) is 5.28 Å². The molecule has 29 heavy (non-hydrogen) atoms. The topological polar surface area (TPSA) is 81.2 Å². The molecule has 0 saturated carbocycles. The molecule has 2 aliphatic carbocycles. The Bertz CT molecular complexity index is 641. The fraction of sp³-hybridized carbons (Fsp3) is 0.667. The number of nitrogens with zero attached hydrogens (tertiary/aromatic N) is 3. The third-order valence-corrected chi connectivity index (χ3v) is 5.36. The minimum absolute atomic E-state index is 0.0282. The average Bonchev–Trinajstić information content (AvgIpc) is 2.93. The molecule has 0 radical (unpaired) electrons. The van der Waals surface area contributed by atoms with Gasteiger partial charge in [0.05, 0.1) is 0 Å². The zero-order chi connectivity index (χ0) is 20.2. The second-order valence-corrected chi connectivity index (χ2v) is 7.99. The second-order valence-electron chi connectivity index (χ2n) is 7.65. The molecule has 8 heteroatoms. The number of nitrogens with one attached hydrogen (secondary N) is 2. The molecule has 2 N–H and O–H groups in total. The van der Waals surface area contributed by atoms with E-state index in [0.717, 1.165) is 49.9 Å². The zero-order valence-corrected chi connectivity index (χ0v) is 17.8. The van der Waals surface area contributed by atoms with E-state index in [1.807, 2.05) is 0 Å². The number of hydroxylamine groups is 2. The van der Waals surface area contributed by atoms with Crippen LogP contribution in [0.15, 0.2) is 23.5 Å². The van der Waals surface area contributed by atoms with Crippen LogP contribution in [0.3, 0.4) is 0 Å². The molecule has 1 heterocycles. The molecular formula is C21H32ClN5O2. The van der Waals surface area contributed by atoms with E-state index in [9.17, 15) is 0 Å². The van der Waals surface area contributed by atoms with Crippen molar-refractivity contribution < 1.29 is 9.68 Å². The van der Waals surface area contributed by atoms with Crippen LogP contribution in [0.1, 0.15) is 89.9 Å². The highest BCUT2D eigenvalue weighted by atomic mass is 35.5. The highest BCUT2D eigenvalue weighted by Gasteiger charge is 2.10. The van der Waals surface area contributed by atoms with E-state index in [1.165, 1.54) is 51.4 Å². The lowest BCUT2D eigenvalue weighted by Gasteiger charge is -2.12. The normalized spacial score (nSPS) is 19.1. The Labute approximate surface area is 178 Å². The molecule has 3 rings (SSSR count). The predicted octanol–water partition coefficient (Wildman–Crippen LogP) is 5.55. The molecule has 1 aromatic rings. The monoisotopic (exact) mass is 421 g/mol. The minimum Gasteiger partial charge on any atom is -0.340 e. The summed E-state index contributed by atoms with van der Waals surface area (Å²) in [6, 6.07) is 0.178. The molecule has 7 nitrogen and oxygen atoms in total. The van der Waals surface area contributed by atoms with Gasteiger partial charge in [-0.2, -0.15) is 9.97 Å². The van der Waals surface area contributed by atoms with Crippen molar-refractivity contribution in [3.8, 4) is 12.0 Å². The number of allylic oxidation sites excluding steroid dienone is 4. The van der Waals surface area contributed by atoms with Crippen molar-refractivity contribution in [1.82, 2.24) is 25.9 Å². The highest BCUT2D eigenvalue weighted by Crippen LogP contribution is 2.18. The van der Waals surface area contributed by atoms with Gasteiger partial charge in [0.2, 0.25) is 5.28 Å². The van der Waals surface area contributed by atoms with Gasteiger partial charge in [-0.25, -0.2) is 11.0 Å². The number of hydrogen-bond donors (Lipinski definition) is 2. The molecule has 160 valence electrons. The molecule has 1 aromatic heterocycles. The molecule has 0 spiro atoms. The van der Waals surface area contributed by atoms with Crippen LogP contribution in [-0.4, -0.2) is 15.0 Å². The van der Waals surface area contributed by atoms with Gasteiger partial charge in [0, 0.05) is 11.4 Å². The summed E-state index contributed by atoms with van der Waals surface area (Å²) in [5, 5.41) is 0.0282. The van der Waals surface area contributed by atoms with Gasteiger partial charge in [-0.1, -0.05) is 50.7 Å². The quantitative estimate of drug-likeness (QED) is 0.583. The van der Waals surface area contributed by atoms with Crippen LogP contribution in [0.4, 0.5) is 0 Å². The molecule has 2 aliphatic rings. The van der Waals surface area contributed by atoms with E-state index in [2.05, 4.69) is 38.1 Å². The SMILES string of the molecule is Clc1nc(ONC2=CCCCCCCC2)nc(ONC2=CCCCCCCC2)n1. The van der Waals surface area contributed by atoms with Gasteiger partial charge >= 0.3 is 12.0 Å². The number of aromatic nitrogens is 3. The Morgan fingerprint density at radius 1 is 0.621 bits per heavy atom. The lowest BCUT2D eigenvalue weighted by Crippen LogP contribution is -2.22. The minimum atomic E-state index is 0.0282. The van der Waals surface area contributed by atoms with Crippen LogP contribution in [0.25, 0.3) is 0 Å². The molecule has 0 unspecified atom stereocenters. The summed E-state index contributed by atoms with van der Waals surface area (Å²) in [5.41, 5.74) is 8.07. The van der Waals surface area contributed by atoms with E-state index >= 15 is 0 Å². The number of rotatable bonds is 6. The maximum Gasteiger partial charge on any atom is 0.350 e. The van der Waals surface area contributed by atoms with E-state index < -0.39 is 0 Å². The van der Waals surface area contributed by atoms with Gasteiger partial charge in [0.15, 0.2) is 0 Å². The third kappa shape index (κ3) is 8.48. The van der Waals surface area contributed by atoms with Gasteiger partial charge in [0.1, 0.15) is 0 Å². The first-order valence-corrected chi connectivity index (χ1v) is 11.3. The first-order chi connectivity index (χ1) is 14.3. The van der Waals surface area contributed by atoms with Crippen molar-refractivity contribution in [3.05, 3.63) is 28.8 Å². The van der Waals surface area contributed by atoms with Crippen molar-refractivity contribution in [2.24, 2.45) is 0 Å². The largest absolute Gasteiger partial charge is 0.350 e. The summed E-state index contributed by atoms with van der Waals surface area (Å²) in [6.45, 7) is 0. The predicted molar refractivity (Wildman–Crippen MR) is 113 cm³/mol. The van der Waals surface area contributed by atoms with E-state index in [1.54, 1.807) is 0 Å². The van der Waals surface area contributed by atoms with Crippen molar-refractivity contribution in [1.29, 1.82) is 0 Å². The Morgan fingerprint density at radius 2 is 1.07 bits per heavy atom. The van der Waals surface area contributed by atoms with Crippen molar-refractivity contribution >= 4 is 11.6 Å². The fourth-order valence-corrected chi connectivity index (χ4v) is 3.70. The first-order valence-electron chi connectivity index (χ1n) is 10.9. The highest BCUT2D eigenvalue weighted by molar-refractivity contribution is 6.28. The van der Waals surface area contributed by atoms with Crippen LogP contribution >= 0.6 is 11.6 Å². The second kappa shape index (κ2) is 12.5. The van der Waals surface area contributed by atoms with Crippen molar-refractivity contribution in [3.63, 3.8) is 0 Å². The molecular weight excluding hydrogens is 390 g/mol.